The summed E-state index contributed by atoms with van der Waals surface area (Å²) in [5, 5.41) is 2.72. The van der Waals surface area contributed by atoms with E-state index >= 15 is 0 Å². The van der Waals surface area contributed by atoms with Gasteiger partial charge in [0.05, 0.1) is 17.9 Å². The molecule has 0 aliphatic rings. The van der Waals surface area contributed by atoms with Crippen molar-refractivity contribution in [2.75, 3.05) is 6.54 Å². The van der Waals surface area contributed by atoms with E-state index < -0.39 is 11.3 Å². The Morgan fingerprint density at radius 2 is 1.95 bits per heavy atom. The van der Waals surface area contributed by atoms with Crippen LogP contribution >= 0.6 is 0 Å². The van der Waals surface area contributed by atoms with E-state index in [2.05, 4.69) is 10.3 Å². The minimum absolute atomic E-state index is 0.168. The Balaban J connectivity index is 2.15. The van der Waals surface area contributed by atoms with Crippen molar-refractivity contribution in [2.24, 2.45) is 11.1 Å². The summed E-state index contributed by atoms with van der Waals surface area (Å²) in [5.74, 6) is -0.759. The third-order valence-electron chi connectivity index (χ3n) is 3.26. The van der Waals surface area contributed by atoms with E-state index in [0.29, 0.717) is 5.69 Å². The van der Waals surface area contributed by atoms with Crippen molar-refractivity contribution in [3.05, 3.63) is 48.5 Å². The molecule has 0 aliphatic carbocycles. The summed E-state index contributed by atoms with van der Waals surface area (Å²) in [6.07, 6.45) is 3.06. The summed E-state index contributed by atoms with van der Waals surface area (Å²) in [7, 11) is 0. The lowest BCUT2D eigenvalue weighted by Gasteiger charge is -2.20. The van der Waals surface area contributed by atoms with Crippen LogP contribution in [0.25, 0.3) is 5.69 Å². The Labute approximate surface area is 123 Å². The molecule has 1 aromatic heterocycles. The van der Waals surface area contributed by atoms with Gasteiger partial charge in [0.2, 0.25) is 5.91 Å². The molecule has 2 rings (SSSR count). The van der Waals surface area contributed by atoms with Gasteiger partial charge < -0.3 is 11.1 Å². The van der Waals surface area contributed by atoms with Gasteiger partial charge in [-0.25, -0.2) is 4.98 Å². The number of primary amides is 1. The lowest BCUT2D eigenvalue weighted by Crippen LogP contribution is -2.42. The van der Waals surface area contributed by atoms with E-state index in [-0.39, 0.29) is 12.5 Å². The zero-order valence-electron chi connectivity index (χ0n) is 12.0. The standard InChI is InChI=1S/C15H18N4O2/c1-15(2,14(16)21)9-18-13(20)12-8-17-10-19(12)11-6-4-3-5-7-11/h3-8,10H,9H2,1-2H3,(H2,16,21)(H,18,20). The Hall–Kier alpha value is -2.63. The molecule has 2 amide bonds. The van der Waals surface area contributed by atoms with Gasteiger partial charge in [-0.05, 0) is 26.0 Å². The number of carbonyl (C=O) groups excluding carboxylic acids is 2. The summed E-state index contributed by atoms with van der Waals surface area (Å²) in [6.45, 7) is 3.54. The van der Waals surface area contributed by atoms with Crippen LogP contribution in [0.3, 0.4) is 0 Å². The number of nitrogens with one attached hydrogen (secondary N) is 1. The van der Waals surface area contributed by atoms with Crippen molar-refractivity contribution in [3.63, 3.8) is 0 Å². The number of hydrogen-bond acceptors (Lipinski definition) is 3. The fourth-order valence-corrected chi connectivity index (χ4v) is 1.74. The smallest absolute Gasteiger partial charge is 0.269 e. The number of rotatable bonds is 5. The van der Waals surface area contributed by atoms with Crippen LogP contribution in [-0.2, 0) is 4.79 Å². The maximum atomic E-state index is 12.2. The average Bonchev–Trinajstić information content (AvgIpc) is 2.95. The van der Waals surface area contributed by atoms with Crippen LogP contribution in [0, 0.1) is 5.41 Å². The van der Waals surface area contributed by atoms with Gasteiger partial charge >= 0.3 is 0 Å². The van der Waals surface area contributed by atoms with E-state index in [9.17, 15) is 9.59 Å². The van der Waals surface area contributed by atoms with Crippen molar-refractivity contribution >= 4 is 11.8 Å². The van der Waals surface area contributed by atoms with Gasteiger partial charge in [-0.3, -0.25) is 14.2 Å². The maximum Gasteiger partial charge on any atom is 0.269 e. The highest BCUT2D eigenvalue weighted by molar-refractivity contribution is 5.93. The van der Waals surface area contributed by atoms with Crippen molar-refractivity contribution < 1.29 is 9.59 Å². The number of amides is 2. The van der Waals surface area contributed by atoms with Gasteiger partial charge in [0.15, 0.2) is 0 Å². The lowest BCUT2D eigenvalue weighted by molar-refractivity contribution is -0.125. The zero-order valence-corrected chi connectivity index (χ0v) is 12.0. The molecule has 2 aromatic rings. The summed E-state index contributed by atoms with van der Waals surface area (Å²) in [4.78, 5) is 27.5. The predicted octanol–water partition coefficient (Wildman–Crippen LogP) is 1.11. The monoisotopic (exact) mass is 286 g/mol. The highest BCUT2D eigenvalue weighted by atomic mass is 16.2. The molecule has 3 N–H and O–H groups in total. The van der Waals surface area contributed by atoms with E-state index in [1.54, 1.807) is 24.7 Å². The number of hydrogen-bond donors (Lipinski definition) is 2. The molecular formula is C15H18N4O2. The Bertz CT molecular complexity index is 647. The van der Waals surface area contributed by atoms with Gasteiger partial charge in [0.25, 0.3) is 5.91 Å². The molecule has 0 saturated carbocycles. The first-order valence-electron chi connectivity index (χ1n) is 6.58. The van der Waals surface area contributed by atoms with Crippen molar-refractivity contribution in [1.29, 1.82) is 0 Å². The first kappa shape index (κ1) is 14.8. The molecule has 110 valence electrons. The number of benzene rings is 1. The molecule has 0 bridgehead atoms. The minimum atomic E-state index is -0.798. The number of aromatic nitrogens is 2. The summed E-state index contributed by atoms with van der Waals surface area (Å²) < 4.78 is 1.69. The molecule has 0 spiro atoms. The third-order valence-corrected chi connectivity index (χ3v) is 3.26. The van der Waals surface area contributed by atoms with Crippen LogP contribution in [0.2, 0.25) is 0 Å². The number of nitrogens with two attached hydrogens (primary N) is 1. The molecular weight excluding hydrogens is 268 g/mol. The SMILES string of the molecule is CC(C)(CNC(=O)c1cncn1-c1ccccc1)C(N)=O. The van der Waals surface area contributed by atoms with Crippen LogP contribution in [0.4, 0.5) is 0 Å². The topological polar surface area (TPSA) is 90.0 Å². The van der Waals surface area contributed by atoms with E-state index in [4.69, 9.17) is 5.73 Å². The number of imidazole rings is 1. The fraction of sp³-hybridized carbons (Fsp3) is 0.267. The third kappa shape index (κ3) is 3.28. The molecule has 0 atom stereocenters. The van der Waals surface area contributed by atoms with Crippen LogP contribution in [0.5, 0.6) is 0 Å². The van der Waals surface area contributed by atoms with Crippen LogP contribution in [-0.4, -0.2) is 27.9 Å². The zero-order chi connectivity index (χ0) is 15.5. The maximum absolute atomic E-state index is 12.2. The minimum Gasteiger partial charge on any atom is -0.369 e. The first-order valence-corrected chi connectivity index (χ1v) is 6.58. The largest absolute Gasteiger partial charge is 0.369 e. The Kier molecular flexibility index (Phi) is 4.07. The van der Waals surface area contributed by atoms with Crippen molar-refractivity contribution in [1.82, 2.24) is 14.9 Å². The summed E-state index contributed by atoms with van der Waals surface area (Å²) in [5.41, 5.74) is 5.74. The Morgan fingerprint density at radius 3 is 2.57 bits per heavy atom. The fourth-order valence-electron chi connectivity index (χ4n) is 1.74. The van der Waals surface area contributed by atoms with Gasteiger partial charge in [-0.15, -0.1) is 0 Å². The van der Waals surface area contributed by atoms with E-state index in [0.717, 1.165) is 5.69 Å². The summed E-state index contributed by atoms with van der Waals surface area (Å²) >= 11 is 0. The van der Waals surface area contributed by atoms with E-state index in [1.807, 2.05) is 30.3 Å². The number of nitrogens with zero attached hydrogens (tertiary/aromatic N) is 2. The Morgan fingerprint density at radius 1 is 1.29 bits per heavy atom. The molecule has 0 saturated heterocycles. The van der Waals surface area contributed by atoms with E-state index in [1.165, 1.54) is 6.20 Å². The molecule has 1 heterocycles. The van der Waals surface area contributed by atoms with Crippen LogP contribution in [0.1, 0.15) is 24.3 Å². The second kappa shape index (κ2) is 5.78. The first-order chi connectivity index (χ1) is 9.92. The molecule has 0 aliphatic heterocycles. The van der Waals surface area contributed by atoms with Gasteiger partial charge in [-0.2, -0.15) is 0 Å². The molecule has 6 nitrogen and oxygen atoms in total. The predicted molar refractivity (Wildman–Crippen MR) is 78.9 cm³/mol. The lowest BCUT2D eigenvalue weighted by atomic mass is 9.93. The average molecular weight is 286 g/mol. The van der Waals surface area contributed by atoms with Crippen LogP contribution < -0.4 is 11.1 Å². The van der Waals surface area contributed by atoms with Crippen molar-refractivity contribution in [3.8, 4) is 5.69 Å². The quantitative estimate of drug-likeness (QED) is 0.862. The molecule has 0 unspecified atom stereocenters. The molecule has 0 fully saturated rings. The highest BCUT2D eigenvalue weighted by Gasteiger charge is 2.26. The number of carbonyl (C=O) groups is 2. The van der Waals surface area contributed by atoms with Gasteiger partial charge in [0, 0.05) is 12.2 Å². The van der Waals surface area contributed by atoms with Crippen molar-refractivity contribution in [2.45, 2.75) is 13.8 Å². The van der Waals surface area contributed by atoms with Crippen LogP contribution in [0.15, 0.2) is 42.9 Å². The van der Waals surface area contributed by atoms with Gasteiger partial charge in [-0.1, -0.05) is 18.2 Å². The second-order valence-electron chi connectivity index (χ2n) is 5.42. The summed E-state index contributed by atoms with van der Waals surface area (Å²) in [6, 6.07) is 9.42. The van der Waals surface area contributed by atoms with Gasteiger partial charge in [0.1, 0.15) is 5.69 Å². The normalized spacial score (nSPS) is 11.1. The molecule has 21 heavy (non-hydrogen) atoms. The number of para-hydroxylation sites is 1. The molecule has 0 radical (unpaired) electrons. The molecule has 6 heteroatoms. The molecule has 1 aromatic carbocycles. The highest BCUT2D eigenvalue weighted by Crippen LogP contribution is 2.14. The second-order valence-corrected chi connectivity index (χ2v) is 5.42.